The van der Waals surface area contributed by atoms with Gasteiger partial charge in [0.2, 0.25) is 5.91 Å². The number of nitrogens with two attached hydrogens (primary N) is 1. The maximum absolute atomic E-state index is 11.9. The first kappa shape index (κ1) is 12.2. The van der Waals surface area contributed by atoms with Gasteiger partial charge in [-0.05, 0) is 18.8 Å². The van der Waals surface area contributed by atoms with Gasteiger partial charge in [0.25, 0.3) is 0 Å². The summed E-state index contributed by atoms with van der Waals surface area (Å²) < 4.78 is 0. The molecule has 15 heavy (non-hydrogen) atoms. The molecule has 1 aliphatic rings. The predicted molar refractivity (Wildman–Crippen MR) is 62.4 cm³/mol. The molecule has 0 aromatic heterocycles. The van der Waals surface area contributed by atoms with Gasteiger partial charge in [-0.15, -0.1) is 6.58 Å². The first-order chi connectivity index (χ1) is 7.06. The van der Waals surface area contributed by atoms with Crippen LogP contribution < -0.4 is 5.73 Å². The third kappa shape index (κ3) is 3.67. The summed E-state index contributed by atoms with van der Waals surface area (Å²) in [5.74, 6) is 0.539. The minimum absolute atomic E-state index is 0.0245. The molecule has 0 aliphatic heterocycles. The van der Waals surface area contributed by atoms with E-state index in [9.17, 15) is 4.79 Å². The van der Waals surface area contributed by atoms with E-state index in [2.05, 4.69) is 6.58 Å². The van der Waals surface area contributed by atoms with E-state index in [-0.39, 0.29) is 11.9 Å². The number of nitrogens with zero attached hydrogens (tertiary/aromatic N) is 1. The van der Waals surface area contributed by atoms with Gasteiger partial charge in [0.05, 0.1) is 0 Å². The van der Waals surface area contributed by atoms with Crippen molar-refractivity contribution in [3.63, 3.8) is 0 Å². The van der Waals surface area contributed by atoms with Gasteiger partial charge in [-0.1, -0.05) is 19.9 Å². The van der Waals surface area contributed by atoms with Gasteiger partial charge in [-0.3, -0.25) is 4.79 Å². The van der Waals surface area contributed by atoms with Gasteiger partial charge in [0.1, 0.15) is 0 Å². The fourth-order valence-corrected chi connectivity index (χ4v) is 1.53. The van der Waals surface area contributed by atoms with Crippen LogP contribution in [0.25, 0.3) is 0 Å². The zero-order valence-corrected chi connectivity index (χ0v) is 9.78. The molecule has 1 aliphatic carbocycles. The van der Waals surface area contributed by atoms with E-state index < -0.39 is 0 Å². The molecule has 0 aromatic carbocycles. The molecule has 1 rings (SSSR count). The van der Waals surface area contributed by atoms with Crippen molar-refractivity contribution in [2.75, 3.05) is 6.54 Å². The molecule has 86 valence electrons. The third-order valence-electron chi connectivity index (χ3n) is 2.90. The van der Waals surface area contributed by atoms with Gasteiger partial charge in [0, 0.05) is 25.0 Å². The van der Waals surface area contributed by atoms with Crippen molar-refractivity contribution in [1.82, 2.24) is 4.90 Å². The van der Waals surface area contributed by atoms with E-state index in [1.165, 1.54) is 0 Å². The van der Waals surface area contributed by atoms with Crippen LogP contribution in [0.2, 0.25) is 0 Å². The maximum Gasteiger partial charge on any atom is 0.224 e. The van der Waals surface area contributed by atoms with Gasteiger partial charge in [-0.25, -0.2) is 0 Å². The van der Waals surface area contributed by atoms with E-state index >= 15 is 0 Å². The number of rotatable bonds is 6. The van der Waals surface area contributed by atoms with E-state index in [0.29, 0.717) is 24.9 Å². The highest BCUT2D eigenvalue weighted by molar-refractivity contribution is 5.77. The van der Waals surface area contributed by atoms with Crippen LogP contribution in [0.3, 0.4) is 0 Å². The maximum atomic E-state index is 11.9. The van der Waals surface area contributed by atoms with Crippen molar-refractivity contribution in [2.24, 2.45) is 11.7 Å². The zero-order valence-electron chi connectivity index (χ0n) is 9.78. The lowest BCUT2D eigenvalue weighted by molar-refractivity contribution is -0.131. The molecule has 0 bridgehead atoms. The van der Waals surface area contributed by atoms with E-state index in [1.54, 1.807) is 6.08 Å². The lowest BCUT2D eigenvalue weighted by atomic mass is 10.0. The number of amides is 1. The second-order valence-corrected chi connectivity index (χ2v) is 4.68. The molecule has 1 amide bonds. The fourth-order valence-electron chi connectivity index (χ4n) is 1.53. The quantitative estimate of drug-likeness (QED) is 0.676. The Morgan fingerprint density at radius 3 is 2.60 bits per heavy atom. The van der Waals surface area contributed by atoms with Crippen LogP contribution in [-0.4, -0.2) is 29.4 Å². The van der Waals surface area contributed by atoms with Crippen LogP contribution in [0.4, 0.5) is 0 Å². The van der Waals surface area contributed by atoms with Crippen molar-refractivity contribution in [3.05, 3.63) is 12.7 Å². The number of carbonyl (C=O) groups excluding carboxylic acids is 1. The molecule has 3 heteroatoms. The van der Waals surface area contributed by atoms with Crippen molar-refractivity contribution in [2.45, 2.75) is 45.2 Å². The molecule has 2 N–H and O–H groups in total. The molecule has 1 atom stereocenters. The highest BCUT2D eigenvalue weighted by atomic mass is 16.2. The van der Waals surface area contributed by atoms with Crippen molar-refractivity contribution < 1.29 is 4.79 Å². The summed E-state index contributed by atoms with van der Waals surface area (Å²) in [6.07, 6.45) is 4.52. The first-order valence-electron chi connectivity index (χ1n) is 5.72. The average molecular weight is 210 g/mol. The molecule has 0 radical (unpaired) electrons. The summed E-state index contributed by atoms with van der Waals surface area (Å²) in [5, 5.41) is 0. The zero-order chi connectivity index (χ0) is 11.4. The molecule has 1 saturated carbocycles. The molecule has 0 saturated heterocycles. The molecule has 1 unspecified atom stereocenters. The molecule has 0 heterocycles. The fraction of sp³-hybridized carbons (Fsp3) is 0.750. The smallest absolute Gasteiger partial charge is 0.224 e. The topological polar surface area (TPSA) is 46.3 Å². The second-order valence-electron chi connectivity index (χ2n) is 4.68. The summed E-state index contributed by atoms with van der Waals surface area (Å²) in [5.41, 5.74) is 5.90. The average Bonchev–Trinajstić information content (AvgIpc) is 2.97. The predicted octanol–water partition coefficient (Wildman–Crippen LogP) is 1.54. The van der Waals surface area contributed by atoms with Gasteiger partial charge in [0.15, 0.2) is 0 Å². The highest BCUT2D eigenvalue weighted by Crippen LogP contribution is 2.27. The number of hydrogen-bond donors (Lipinski definition) is 1. The summed E-state index contributed by atoms with van der Waals surface area (Å²) in [7, 11) is 0. The number of carbonyl (C=O) groups is 1. The van der Waals surface area contributed by atoms with E-state index in [1.807, 2.05) is 18.7 Å². The first-order valence-corrected chi connectivity index (χ1v) is 5.72. The lowest BCUT2D eigenvalue weighted by Gasteiger charge is -2.23. The van der Waals surface area contributed by atoms with Gasteiger partial charge in [-0.2, -0.15) is 0 Å². The van der Waals surface area contributed by atoms with Crippen LogP contribution in [0.1, 0.15) is 33.1 Å². The standard InChI is InChI=1S/C12H22N2O/c1-4-7-14(10-5-6-10)12(15)8-11(13)9(2)3/h4,9-11H,1,5-8,13H2,2-3H3. The molecule has 0 aromatic rings. The summed E-state index contributed by atoms with van der Waals surface area (Å²) in [6.45, 7) is 8.44. The molecule has 1 fully saturated rings. The van der Waals surface area contributed by atoms with Crippen LogP contribution in [0.5, 0.6) is 0 Å². The van der Waals surface area contributed by atoms with E-state index in [0.717, 1.165) is 12.8 Å². The second kappa shape index (κ2) is 5.31. The third-order valence-corrected chi connectivity index (χ3v) is 2.90. The highest BCUT2D eigenvalue weighted by Gasteiger charge is 2.32. The Morgan fingerprint density at radius 2 is 2.20 bits per heavy atom. The molecular formula is C12H22N2O. The normalized spacial score (nSPS) is 17.6. The van der Waals surface area contributed by atoms with E-state index in [4.69, 9.17) is 5.73 Å². The molecule has 0 spiro atoms. The Bertz CT molecular complexity index is 234. The summed E-state index contributed by atoms with van der Waals surface area (Å²) in [6, 6.07) is 0.429. The van der Waals surface area contributed by atoms with Crippen LogP contribution in [0.15, 0.2) is 12.7 Å². The summed E-state index contributed by atoms with van der Waals surface area (Å²) >= 11 is 0. The molecular weight excluding hydrogens is 188 g/mol. The van der Waals surface area contributed by atoms with Crippen molar-refractivity contribution in [3.8, 4) is 0 Å². The van der Waals surface area contributed by atoms with Crippen LogP contribution >= 0.6 is 0 Å². The number of hydrogen-bond acceptors (Lipinski definition) is 2. The van der Waals surface area contributed by atoms with Gasteiger partial charge < -0.3 is 10.6 Å². The minimum atomic E-state index is -0.0245. The van der Waals surface area contributed by atoms with Crippen molar-refractivity contribution in [1.29, 1.82) is 0 Å². The molecule has 3 nitrogen and oxygen atoms in total. The lowest BCUT2D eigenvalue weighted by Crippen LogP contribution is -2.39. The Kier molecular flexibility index (Phi) is 4.33. The Balaban J connectivity index is 2.45. The van der Waals surface area contributed by atoms with Crippen molar-refractivity contribution >= 4 is 5.91 Å². The Hall–Kier alpha value is -0.830. The largest absolute Gasteiger partial charge is 0.336 e. The Labute approximate surface area is 92.3 Å². The van der Waals surface area contributed by atoms with Gasteiger partial charge >= 0.3 is 0 Å². The SMILES string of the molecule is C=CCN(C(=O)CC(N)C(C)C)C1CC1. The monoisotopic (exact) mass is 210 g/mol. The Morgan fingerprint density at radius 1 is 1.60 bits per heavy atom. The van der Waals surface area contributed by atoms with Crippen LogP contribution in [0, 0.1) is 5.92 Å². The summed E-state index contributed by atoms with van der Waals surface area (Å²) in [4.78, 5) is 13.8. The minimum Gasteiger partial charge on any atom is -0.336 e. The van der Waals surface area contributed by atoms with Crippen LogP contribution in [-0.2, 0) is 4.79 Å².